The highest BCUT2D eigenvalue weighted by Gasteiger charge is 2.15. The molecule has 2 heterocycles. The van der Waals surface area contributed by atoms with Crippen molar-refractivity contribution in [3.8, 4) is 0 Å². The molecule has 0 unspecified atom stereocenters. The van der Waals surface area contributed by atoms with Gasteiger partial charge in [0, 0.05) is 13.1 Å². The minimum atomic E-state index is -0.534. The molecule has 1 fully saturated rings. The molecular formula is C10H14N4O. The summed E-state index contributed by atoms with van der Waals surface area (Å²) in [5, 5.41) is 0. The fourth-order valence-corrected chi connectivity index (χ4v) is 1.79. The minimum Gasteiger partial charge on any atom is -0.383 e. The number of rotatable bonds is 2. The second-order valence-corrected chi connectivity index (χ2v) is 3.66. The van der Waals surface area contributed by atoms with Crippen molar-refractivity contribution in [1.29, 1.82) is 0 Å². The Morgan fingerprint density at radius 2 is 2.00 bits per heavy atom. The zero-order valence-corrected chi connectivity index (χ0v) is 8.44. The van der Waals surface area contributed by atoms with Gasteiger partial charge in [0.1, 0.15) is 11.6 Å². The number of nitrogens with two attached hydrogens (primary N) is 2. The molecule has 15 heavy (non-hydrogen) atoms. The number of nitrogen functional groups attached to an aromatic ring is 1. The molecule has 0 radical (unpaired) electrons. The summed E-state index contributed by atoms with van der Waals surface area (Å²) in [7, 11) is 0. The first kappa shape index (κ1) is 9.76. The van der Waals surface area contributed by atoms with Crippen molar-refractivity contribution in [3.05, 3.63) is 17.7 Å². The number of hydrogen-bond acceptors (Lipinski definition) is 4. The van der Waals surface area contributed by atoms with E-state index in [1.807, 2.05) is 0 Å². The highest BCUT2D eigenvalue weighted by atomic mass is 16.1. The van der Waals surface area contributed by atoms with E-state index in [-0.39, 0.29) is 11.4 Å². The highest BCUT2D eigenvalue weighted by molar-refractivity contribution is 5.97. The van der Waals surface area contributed by atoms with E-state index in [1.165, 1.54) is 12.8 Å². The van der Waals surface area contributed by atoms with Crippen molar-refractivity contribution in [2.45, 2.75) is 12.8 Å². The summed E-state index contributed by atoms with van der Waals surface area (Å²) in [6.45, 7) is 2.00. The Kier molecular flexibility index (Phi) is 2.45. The number of hydrogen-bond donors (Lipinski definition) is 2. The number of amides is 1. The molecule has 0 spiro atoms. The summed E-state index contributed by atoms with van der Waals surface area (Å²) in [5.74, 6) is 0.509. The minimum absolute atomic E-state index is 0.215. The van der Waals surface area contributed by atoms with Crippen LogP contribution in [-0.2, 0) is 0 Å². The number of nitrogens with zero attached hydrogens (tertiary/aromatic N) is 2. The van der Waals surface area contributed by atoms with Crippen LogP contribution in [0, 0.1) is 0 Å². The van der Waals surface area contributed by atoms with Crippen molar-refractivity contribution >= 4 is 17.5 Å². The maximum atomic E-state index is 10.9. The average Bonchev–Trinajstić information content (AvgIpc) is 2.69. The molecule has 0 bridgehead atoms. The first-order chi connectivity index (χ1) is 7.18. The van der Waals surface area contributed by atoms with E-state index in [2.05, 4.69) is 9.88 Å². The number of primary amides is 1. The van der Waals surface area contributed by atoms with Crippen molar-refractivity contribution in [3.63, 3.8) is 0 Å². The van der Waals surface area contributed by atoms with Crippen LogP contribution in [0.25, 0.3) is 0 Å². The number of carbonyl (C=O) groups excluding carboxylic acids is 1. The molecule has 4 N–H and O–H groups in total. The van der Waals surface area contributed by atoms with E-state index in [1.54, 1.807) is 12.1 Å². The predicted molar refractivity (Wildman–Crippen MR) is 58.6 cm³/mol. The van der Waals surface area contributed by atoms with E-state index in [9.17, 15) is 4.79 Å². The molecule has 0 saturated carbocycles. The molecule has 1 saturated heterocycles. The molecular weight excluding hydrogens is 192 g/mol. The summed E-state index contributed by atoms with van der Waals surface area (Å²) in [6.07, 6.45) is 2.36. The van der Waals surface area contributed by atoms with Crippen molar-refractivity contribution in [2.24, 2.45) is 5.73 Å². The van der Waals surface area contributed by atoms with E-state index in [0.29, 0.717) is 0 Å². The van der Waals surface area contributed by atoms with Gasteiger partial charge in [-0.3, -0.25) is 4.79 Å². The van der Waals surface area contributed by atoms with Gasteiger partial charge in [-0.2, -0.15) is 0 Å². The van der Waals surface area contributed by atoms with Gasteiger partial charge in [-0.1, -0.05) is 0 Å². The topological polar surface area (TPSA) is 85.2 Å². The molecule has 1 aliphatic heterocycles. The van der Waals surface area contributed by atoms with Crippen LogP contribution in [-0.4, -0.2) is 24.0 Å². The lowest BCUT2D eigenvalue weighted by Crippen LogP contribution is -2.21. The Hall–Kier alpha value is -1.78. The lowest BCUT2D eigenvalue weighted by molar-refractivity contribution is 0.100. The molecule has 2 rings (SSSR count). The molecule has 1 aliphatic rings. The van der Waals surface area contributed by atoms with E-state index >= 15 is 0 Å². The molecule has 5 heteroatoms. The van der Waals surface area contributed by atoms with Crippen LogP contribution >= 0.6 is 0 Å². The van der Waals surface area contributed by atoms with Gasteiger partial charge in [-0.05, 0) is 25.0 Å². The van der Waals surface area contributed by atoms with Gasteiger partial charge in [0.25, 0.3) is 5.91 Å². The zero-order valence-electron chi connectivity index (χ0n) is 8.44. The molecule has 1 amide bonds. The van der Waals surface area contributed by atoms with Crippen molar-refractivity contribution in [2.75, 3.05) is 23.7 Å². The fraction of sp³-hybridized carbons (Fsp3) is 0.400. The maximum Gasteiger partial charge on any atom is 0.252 e. The van der Waals surface area contributed by atoms with Crippen LogP contribution in [0.5, 0.6) is 0 Å². The Morgan fingerprint density at radius 3 is 2.53 bits per heavy atom. The Balaban J connectivity index is 2.28. The molecule has 80 valence electrons. The quantitative estimate of drug-likeness (QED) is 0.731. The second kappa shape index (κ2) is 3.76. The smallest absolute Gasteiger partial charge is 0.252 e. The third kappa shape index (κ3) is 1.86. The average molecular weight is 206 g/mol. The summed E-state index contributed by atoms with van der Waals surface area (Å²) >= 11 is 0. The lowest BCUT2D eigenvalue weighted by atomic mass is 10.2. The van der Waals surface area contributed by atoms with Crippen LogP contribution in [0.3, 0.4) is 0 Å². The van der Waals surface area contributed by atoms with Crippen molar-refractivity contribution < 1.29 is 4.79 Å². The molecule has 5 nitrogen and oxygen atoms in total. The van der Waals surface area contributed by atoms with E-state index in [0.717, 1.165) is 18.9 Å². The van der Waals surface area contributed by atoms with Gasteiger partial charge < -0.3 is 16.4 Å². The Bertz CT molecular complexity index is 385. The van der Waals surface area contributed by atoms with Gasteiger partial charge >= 0.3 is 0 Å². The van der Waals surface area contributed by atoms with Crippen LogP contribution < -0.4 is 16.4 Å². The summed E-state index contributed by atoms with van der Waals surface area (Å²) in [4.78, 5) is 17.3. The van der Waals surface area contributed by atoms with Gasteiger partial charge in [0.15, 0.2) is 0 Å². The normalized spacial score (nSPS) is 15.6. The highest BCUT2D eigenvalue weighted by Crippen LogP contribution is 2.20. The predicted octanol–water partition coefficient (Wildman–Crippen LogP) is 0.363. The van der Waals surface area contributed by atoms with E-state index in [4.69, 9.17) is 11.5 Å². The summed E-state index contributed by atoms with van der Waals surface area (Å²) in [6, 6.07) is 3.43. The van der Waals surface area contributed by atoms with Crippen LogP contribution in [0.4, 0.5) is 11.6 Å². The number of carbonyl (C=O) groups is 1. The first-order valence-corrected chi connectivity index (χ1v) is 5.00. The fourth-order valence-electron chi connectivity index (χ4n) is 1.79. The van der Waals surface area contributed by atoms with E-state index < -0.39 is 5.91 Å². The molecule has 1 aromatic rings. The molecule has 1 aromatic heterocycles. The Morgan fingerprint density at radius 1 is 1.33 bits per heavy atom. The third-order valence-electron chi connectivity index (χ3n) is 2.61. The maximum absolute atomic E-state index is 10.9. The second-order valence-electron chi connectivity index (χ2n) is 3.66. The van der Waals surface area contributed by atoms with Gasteiger partial charge in [-0.25, -0.2) is 4.98 Å². The van der Waals surface area contributed by atoms with Crippen LogP contribution in [0.15, 0.2) is 12.1 Å². The number of anilines is 2. The van der Waals surface area contributed by atoms with Gasteiger partial charge in [-0.15, -0.1) is 0 Å². The van der Waals surface area contributed by atoms with Crippen molar-refractivity contribution in [1.82, 2.24) is 4.98 Å². The lowest BCUT2D eigenvalue weighted by Gasteiger charge is -2.16. The third-order valence-corrected chi connectivity index (χ3v) is 2.61. The molecule has 0 aliphatic carbocycles. The standard InChI is InChI=1S/C10H14N4O/c11-9-7(10(12)15)3-4-8(13-9)14-5-1-2-6-14/h3-4H,1-2,5-6H2,(H2,11,13)(H2,12,15). The largest absolute Gasteiger partial charge is 0.383 e. The summed E-state index contributed by atoms with van der Waals surface area (Å²) in [5.41, 5.74) is 11.1. The van der Waals surface area contributed by atoms with Crippen LogP contribution in [0.2, 0.25) is 0 Å². The first-order valence-electron chi connectivity index (χ1n) is 5.00. The SMILES string of the molecule is NC(=O)c1ccc(N2CCCC2)nc1N. The van der Waals surface area contributed by atoms with Gasteiger partial charge in [0.2, 0.25) is 0 Å². The van der Waals surface area contributed by atoms with Gasteiger partial charge in [0.05, 0.1) is 5.56 Å². The van der Waals surface area contributed by atoms with Crippen LogP contribution in [0.1, 0.15) is 23.2 Å². The molecule has 0 atom stereocenters. The zero-order chi connectivity index (χ0) is 10.8. The monoisotopic (exact) mass is 206 g/mol. The number of aromatic nitrogens is 1. The Labute approximate surface area is 88.1 Å². The molecule has 0 aromatic carbocycles. The number of pyridine rings is 1. The summed E-state index contributed by atoms with van der Waals surface area (Å²) < 4.78 is 0.